The Balaban J connectivity index is 2.10. The van der Waals surface area contributed by atoms with Crippen molar-refractivity contribution in [3.05, 3.63) is 71.3 Å². The molecule has 2 N–H and O–H groups in total. The van der Waals surface area contributed by atoms with Gasteiger partial charge < -0.3 is 10.2 Å². The summed E-state index contributed by atoms with van der Waals surface area (Å²) in [5, 5.41) is 19.9. The molecule has 0 aliphatic heterocycles. The summed E-state index contributed by atoms with van der Waals surface area (Å²) in [5.41, 5.74) is 0.867. The van der Waals surface area contributed by atoms with Crippen LogP contribution in [0.5, 0.6) is 0 Å². The lowest BCUT2D eigenvalue weighted by Gasteiger charge is -2.18. The first-order valence-corrected chi connectivity index (χ1v) is 5.92. The van der Waals surface area contributed by atoms with Crippen LogP contribution in [-0.2, 0) is 6.42 Å². The van der Waals surface area contributed by atoms with Crippen LogP contribution in [0.15, 0.2) is 48.5 Å². The quantitative estimate of drug-likeness (QED) is 0.891. The Morgan fingerprint density at radius 1 is 0.895 bits per heavy atom. The molecule has 0 aromatic heterocycles. The second-order valence-corrected chi connectivity index (χ2v) is 4.40. The van der Waals surface area contributed by atoms with E-state index < -0.39 is 23.8 Å². The van der Waals surface area contributed by atoms with Crippen molar-refractivity contribution in [1.29, 1.82) is 0 Å². The zero-order chi connectivity index (χ0) is 13.8. The van der Waals surface area contributed by atoms with Gasteiger partial charge in [-0.05, 0) is 23.3 Å². The van der Waals surface area contributed by atoms with E-state index in [1.807, 2.05) is 0 Å². The van der Waals surface area contributed by atoms with Crippen molar-refractivity contribution in [3.63, 3.8) is 0 Å². The summed E-state index contributed by atoms with van der Waals surface area (Å²) in [5.74, 6) is -1.40. The van der Waals surface area contributed by atoms with Crippen molar-refractivity contribution < 1.29 is 19.0 Å². The number of benzene rings is 2. The highest BCUT2D eigenvalue weighted by Gasteiger charge is 2.19. The van der Waals surface area contributed by atoms with Gasteiger partial charge in [-0.3, -0.25) is 0 Å². The van der Waals surface area contributed by atoms with E-state index in [2.05, 4.69) is 0 Å². The topological polar surface area (TPSA) is 40.5 Å². The highest BCUT2D eigenvalue weighted by Crippen LogP contribution is 2.20. The molecule has 0 saturated heterocycles. The zero-order valence-corrected chi connectivity index (χ0v) is 10.1. The highest BCUT2D eigenvalue weighted by atomic mass is 19.1. The van der Waals surface area contributed by atoms with E-state index in [9.17, 15) is 19.0 Å². The Bertz CT molecular complexity index is 523. The molecule has 0 radical (unpaired) electrons. The summed E-state index contributed by atoms with van der Waals surface area (Å²) in [6, 6.07) is 11.7. The Kier molecular flexibility index (Phi) is 4.24. The van der Waals surface area contributed by atoms with Crippen LogP contribution in [-0.4, -0.2) is 16.3 Å². The van der Waals surface area contributed by atoms with Gasteiger partial charge in [0.25, 0.3) is 0 Å². The smallest absolute Gasteiger partial charge is 0.126 e. The number of rotatable bonds is 4. The standard InChI is InChI=1S/C15H14F2O2/c16-12-6-10(7-13(17)9-12)8-14(18)15(19)11-4-2-1-3-5-11/h1-7,9,14-15,18-19H,8H2. The maximum absolute atomic E-state index is 13.0. The molecule has 2 unspecified atom stereocenters. The van der Waals surface area contributed by atoms with Crippen LogP contribution < -0.4 is 0 Å². The molecule has 0 fully saturated rings. The Morgan fingerprint density at radius 2 is 1.47 bits per heavy atom. The molecule has 0 aliphatic carbocycles. The van der Waals surface area contributed by atoms with Crippen molar-refractivity contribution in [2.24, 2.45) is 0 Å². The van der Waals surface area contributed by atoms with Crippen LogP contribution in [0.25, 0.3) is 0 Å². The number of hydrogen-bond acceptors (Lipinski definition) is 2. The van der Waals surface area contributed by atoms with E-state index in [1.54, 1.807) is 30.3 Å². The molecule has 2 aromatic rings. The molecule has 2 rings (SSSR count). The van der Waals surface area contributed by atoms with Crippen LogP contribution in [0, 0.1) is 11.6 Å². The van der Waals surface area contributed by atoms with Gasteiger partial charge in [-0.1, -0.05) is 30.3 Å². The van der Waals surface area contributed by atoms with Gasteiger partial charge in [-0.15, -0.1) is 0 Å². The van der Waals surface area contributed by atoms with Crippen molar-refractivity contribution in [1.82, 2.24) is 0 Å². The molecule has 0 heterocycles. The van der Waals surface area contributed by atoms with Gasteiger partial charge in [-0.25, -0.2) is 8.78 Å². The van der Waals surface area contributed by atoms with Gasteiger partial charge in [0.15, 0.2) is 0 Å². The fraction of sp³-hybridized carbons (Fsp3) is 0.200. The molecule has 2 atom stereocenters. The third kappa shape index (κ3) is 3.59. The summed E-state index contributed by atoms with van der Waals surface area (Å²) < 4.78 is 26.0. The second-order valence-electron chi connectivity index (χ2n) is 4.40. The van der Waals surface area contributed by atoms with Gasteiger partial charge >= 0.3 is 0 Å². The molecule has 0 bridgehead atoms. The molecule has 0 spiro atoms. The Hall–Kier alpha value is -1.78. The average molecular weight is 264 g/mol. The molecule has 0 amide bonds. The van der Waals surface area contributed by atoms with Crippen LogP contribution in [0.4, 0.5) is 8.78 Å². The lowest BCUT2D eigenvalue weighted by atomic mass is 9.98. The molecule has 0 saturated carbocycles. The average Bonchev–Trinajstić information content (AvgIpc) is 2.37. The van der Waals surface area contributed by atoms with Gasteiger partial charge in [0.2, 0.25) is 0 Å². The lowest BCUT2D eigenvalue weighted by Crippen LogP contribution is -2.21. The van der Waals surface area contributed by atoms with Gasteiger partial charge in [-0.2, -0.15) is 0 Å². The van der Waals surface area contributed by atoms with Crippen LogP contribution in [0.1, 0.15) is 17.2 Å². The Morgan fingerprint density at radius 3 is 2.05 bits per heavy atom. The summed E-state index contributed by atoms with van der Waals surface area (Å²) in [6.07, 6.45) is -2.23. The van der Waals surface area contributed by atoms with Gasteiger partial charge in [0.05, 0.1) is 6.10 Å². The van der Waals surface area contributed by atoms with Crippen LogP contribution in [0.3, 0.4) is 0 Å². The minimum Gasteiger partial charge on any atom is -0.390 e. The predicted molar refractivity (Wildman–Crippen MR) is 67.5 cm³/mol. The van der Waals surface area contributed by atoms with E-state index in [0.29, 0.717) is 11.1 Å². The first-order chi connectivity index (χ1) is 9.06. The molecule has 19 heavy (non-hydrogen) atoms. The first kappa shape index (κ1) is 13.6. The Labute approximate surface area is 110 Å². The maximum atomic E-state index is 13.0. The van der Waals surface area contributed by atoms with Gasteiger partial charge in [0, 0.05) is 12.5 Å². The van der Waals surface area contributed by atoms with Crippen LogP contribution in [0.2, 0.25) is 0 Å². The molecular formula is C15H14F2O2. The number of aliphatic hydroxyl groups is 2. The molecule has 2 nitrogen and oxygen atoms in total. The lowest BCUT2D eigenvalue weighted by molar-refractivity contribution is 0.0189. The number of aliphatic hydroxyl groups excluding tert-OH is 2. The third-order valence-electron chi connectivity index (χ3n) is 2.87. The van der Waals surface area contributed by atoms with E-state index in [4.69, 9.17) is 0 Å². The van der Waals surface area contributed by atoms with Crippen molar-refractivity contribution in [2.75, 3.05) is 0 Å². The molecule has 2 aromatic carbocycles. The summed E-state index contributed by atoms with van der Waals surface area (Å²) in [7, 11) is 0. The van der Waals surface area contributed by atoms with Gasteiger partial charge in [0.1, 0.15) is 17.7 Å². The largest absolute Gasteiger partial charge is 0.390 e. The van der Waals surface area contributed by atoms with E-state index in [0.717, 1.165) is 18.2 Å². The normalized spacial score (nSPS) is 14.1. The first-order valence-electron chi connectivity index (χ1n) is 5.92. The van der Waals surface area contributed by atoms with Crippen LogP contribution >= 0.6 is 0 Å². The minimum absolute atomic E-state index is 0.0231. The molecule has 0 aliphatic rings. The maximum Gasteiger partial charge on any atom is 0.126 e. The molecule has 4 heteroatoms. The van der Waals surface area contributed by atoms with Crippen molar-refractivity contribution >= 4 is 0 Å². The van der Waals surface area contributed by atoms with Crippen molar-refractivity contribution in [2.45, 2.75) is 18.6 Å². The fourth-order valence-corrected chi connectivity index (χ4v) is 1.95. The summed E-state index contributed by atoms with van der Waals surface area (Å²) in [6.45, 7) is 0. The fourth-order valence-electron chi connectivity index (χ4n) is 1.95. The molecular weight excluding hydrogens is 250 g/mol. The van der Waals surface area contributed by atoms with E-state index in [-0.39, 0.29) is 6.42 Å². The zero-order valence-electron chi connectivity index (χ0n) is 10.1. The molecule has 100 valence electrons. The van der Waals surface area contributed by atoms with E-state index >= 15 is 0 Å². The third-order valence-corrected chi connectivity index (χ3v) is 2.87. The SMILES string of the molecule is OC(Cc1cc(F)cc(F)c1)C(O)c1ccccc1. The second kappa shape index (κ2) is 5.91. The highest BCUT2D eigenvalue weighted by molar-refractivity contribution is 5.22. The predicted octanol–water partition coefficient (Wildman–Crippen LogP) is 2.60. The summed E-state index contributed by atoms with van der Waals surface area (Å²) >= 11 is 0. The number of halogens is 2. The summed E-state index contributed by atoms with van der Waals surface area (Å²) in [4.78, 5) is 0. The van der Waals surface area contributed by atoms with E-state index in [1.165, 1.54) is 0 Å². The number of hydrogen-bond donors (Lipinski definition) is 2. The monoisotopic (exact) mass is 264 g/mol. The minimum atomic E-state index is -1.12. The van der Waals surface area contributed by atoms with Crippen molar-refractivity contribution in [3.8, 4) is 0 Å².